The Morgan fingerprint density at radius 3 is 2.47 bits per heavy atom. The highest BCUT2D eigenvalue weighted by Crippen LogP contribution is 2.28. The molecule has 0 spiro atoms. The third kappa shape index (κ3) is 3.03. The Labute approximate surface area is 108 Å². The van der Waals surface area contributed by atoms with Gasteiger partial charge in [0.2, 0.25) is 0 Å². The summed E-state index contributed by atoms with van der Waals surface area (Å²) in [7, 11) is 0. The van der Waals surface area contributed by atoms with E-state index in [1.807, 2.05) is 0 Å². The van der Waals surface area contributed by atoms with Gasteiger partial charge in [0.1, 0.15) is 11.6 Å². The zero-order chi connectivity index (χ0) is 13.2. The molecule has 1 aromatic rings. The van der Waals surface area contributed by atoms with Gasteiger partial charge in [-0.1, -0.05) is 13.8 Å². The van der Waals surface area contributed by atoms with Crippen molar-refractivity contribution in [2.75, 3.05) is 6.54 Å². The average Bonchev–Trinajstić information content (AvgIpc) is 2.29. The van der Waals surface area contributed by atoms with E-state index in [1.165, 1.54) is 12.1 Å². The molecule has 0 aromatic heterocycles. The highest BCUT2D eigenvalue weighted by atomic mass is 79.9. The Kier molecular flexibility index (Phi) is 4.63. The van der Waals surface area contributed by atoms with Crippen LogP contribution in [0.4, 0.5) is 8.78 Å². The van der Waals surface area contributed by atoms with Crippen LogP contribution in [0.25, 0.3) is 0 Å². The van der Waals surface area contributed by atoms with E-state index < -0.39 is 17.2 Å². The molecule has 0 radical (unpaired) electrons. The lowest BCUT2D eigenvalue weighted by molar-refractivity contribution is 0.00259. The molecule has 1 atom stereocenters. The molecule has 3 N–H and O–H groups in total. The molecule has 0 aliphatic rings. The van der Waals surface area contributed by atoms with Crippen molar-refractivity contribution in [2.45, 2.75) is 25.9 Å². The maximum Gasteiger partial charge on any atom is 0.143 e. The van der Waals surface area contributed by atoms with Gasteiger partial charge in [0.15, 0.2) is 0 Å². The highest BCUT2D eigenvalue weighted by Gasteiger charge is 2.32. The van der Waals surface area contributed by atoms with Gasteiger partial charge in [0, 0.05) is 18.5 Å². The first-order valence-electron chi connectivity index (χ1n) is 5.36. The summed E-state index contributed by atoms with van der Waals surface area (Å²) in [5, 5.41) is 10.2. The predicted molar refractivity (Wildman–Crippen MR) is 66.6 cm³/mol. The maximum atomic E-state index is 13.8. The molecule has 0 aliphatic heterocycles. The van der Waals surface area contributed by atoms with E-state index in [-0.39, 0.29) is 28.9 Å². The van der Waals surface area contributed by atoms with Gasteiger partial charge in [-0.15, -0.1) is 0 Å². The summed E-state index contributed by atoms with van der Waals surface area (Å²) in [6.07, 6.45) is -0.141. The fraction of sp³-hybridized carbons (Fsp3) is 0.500. The first-order chi connectivity index (χ1) is 7.81. The lowest BCUT2D eigenvalue weighted by atomic mass is 9.84. The minimum absolute atomic E-state index is 0.0456. The molecule has 2 nitrogen and oxygen atoms in total. The van der Waals surface area contributed by atoms with E-state index in [0.717, 1.165) is 0 Å². The molecule has 0 bridgehead atoms. The Morgan fingerprint density at radius 2 is 2.00 bits per heavy atom. The highest BCUT2D eigenvalue weighted by molar-refractivity contribution is 9.10. The summed E-state index contributed by atoms with van der Waals surface area (Å²) >= 11 is 2.99. The lowest BCUT2D eigenvalue weighted by Gasteiger charge is -2.31. The Hall–Kier alpha value is -0.520. The fourth-order valence-corrected chi connectivity index (χ4v) is 1.92. The van der Waals surface area contributed by atoms with Crippen LogP contribution in [0.1, 0.15) is 19.4 Å². The van der Waals surface area contributed by atoms with E-state index in [0.29, 0.717) is 0 Å². The smallest absolute Gasteiger partial charge is 0.143 e. The molecule has 5 heteroatoms. The molecule has 0 aliphatic carbocycles. The van der Waals surface area contributed by atoms with Crippen molar-refractivity contribution in [2.24, 2.45) is 11.7 Å². The summed E-state index contributed by atoms with van der Waals surface area (Å²) in [5.74, 6) is -1.54. The van der Waals surface area contributed by atoms with Gasteiger partial charge >= 0.3 is 0 Å². The standard InChI is InChI=1S/C12H16BrF2NO/c1-7(2)12(17,6-16)5-8-10(14)4-3-9(13)11(8)15/h3-4,7,17H,5-6,16H2,1-2H3. The van der Waals surface area contributed by atoms with Crippen molar-refractivity contribution in [3.8, 4) is 0 Å². The molecular weight excluding hydrogens is 292 g/mol. The second kappa shape index (κ2) is 5.42. The molecule has 0 fully saturated rings. The third-order valence-electron chi connectivity index (χ3n) is 3.05. The number of hydrogen-bond acceptors (Lipinski definition) is 2. The van der Waals surface area contributed by atoms with Crippen LogP contribution in [0.2, 0.25) is 0 Å². The number of benzene rings is 1. The normalized spacial score (nSPS) is 15.1. The van der Waals surface area contributed by atoms with Crippen LogP contribution < -0.4 is 5.73 Å². The zero-order valence-electron chi connectivity index (χ0n) is 9.80. The van der Waals surface area contributed by atoms with Crippen molar-refractivity contribution in [1.29, 1.82) is 0 Å². The number of hydrogen-bond donors (Lipinski definition) is 2. The average molecular weight is 308 g/mol. The summed E-state index contributed by atoms with van der Waals surface area (Å²) in [4.78, 5) is 0. The molecular formula is C12H16BrF2NO. The number of rotatable bonds is 4. The van der Waals surface area contributed by atoms with Crippen LogP contribution in [0.5, 0.6) is 0 Å². The molecule has 1 aromatic carbocycles. The van der Waals surface area contributed by atoms with Gasteiger partial charge in [-0.2, -0.15) is 0 Å². The Balaban J connectivity index is 3.14. The van der Waals surface area contributed by atoms with E-state index in [4.69, 9.17) is 5.73 Å². The Morgan fingerprint density at radius 1 is 1.41 bits per heavy atom. The van der Waals surface area contributed by atoms with Crippen LogP contribution >= 0.6 is 15.9 Å². The van der Waals surface area contributed by atoms with Crippen molar-refractivity contribution in [1.82, 2.24) is 0 Å². The predicted octanol–water partition coefficient (Wildman–Crippen LogP) is 2.62. The number of halogens is 3. The molecule has 0 amide bonds. The van der Waals surface area contributed by atoms with Gasteiger partial charge in [-0.05, 0) is 34.0 Å². The van der Waals surface area contributed by atoms with E-state index in [2.05, 4.69) is 15.9 Å². The molecule has 0 saturated carbocycles. The monoisotopic (exact) mass is 307 g/mol. The van der Waals surface area contributed by atoms with Crippen molar-refractivity contribution in [3.05, 3.63) is 33.8 Å². The summed E-state index contributed by atoms with van der Waals surface area (Å²) in [6.45, 7) is 3.48. The topological polar surface area (TPSA) is 46.2 Å². The molecule has 0 heterocycles. The first-order valence-corrected chi connectivity index (χ1v) is 6.16. The van der Waals surface area contributed by atoms with Gasteiger partial charge in [-0.3, -0.25) is 0 Å². The van der Waals surface area contributed by atoms with Gasteiger partial charge in [-0.25, -0.2) is 8.78 Å². The minimum atomic E-state index is -1.30. The minimum Gasteiger partial charge on any atom is -0.388 e. The first kappa shape index (κ1) is 14.5. The largest absolute Gasteiger partial charge is 0.388 e. The summed E-state index contributed by atoms with van der Waals surface area (Å²) in [5.41, 5.74) is 4.05. The summed E-state index contributed by atoms with van der Waals surface area (Å²) in [6, 6.07) is 2.46. The van der Waals surface area contributed by atoms with Gasteiger partial charge < -0.3 is 10.8 Å². The molecule has 96 valence electrons. The third-order valence-corrected chi connectivity index (χ3v) is 3.66. The fourth-order valence-electron chi connectivity index (χ4n) is 1.55. The van der Waals surface area contributed by atoms with Crippen LogP contribution in [0, 0.1) is 17.6 Å². The van der Waals surface area contributed by atoms with E-state index >= 15 is 0 Å². The zero-order valence-corrected chi connectivity index (χ0v) is 11.4. The Bertz CT molecular complexity index is 412. The number of aliphatic hydroxyl groups is 1. The van der Waals surface area contributed by atoms with Gasteiger partial charge in [0.05, 0.1) is 10.1 Å². The van der Waals surface area contributed by atoms with Crippen LogP contribution in [-0.2, 0) is 6.42 Å². The second-order valence-corrected chi connectivity index (χ2v) is 5.32. The second-order valence-electron chi connectivity index (χ2n) is 4.46. The van der Waals surface area contributed by atoms with E-state index in [9.17, 15) is 13.9 Å². The van der Waals surface area contributed by atoms with E-state index in [1.54, 1.807) is 13.8 Å². The quantitative estimate of drug-likeness (QED) is 0.840. The SMILES string of the molecule is CC(C)C(O)(CN)Cc1c(F)ccc(Br)c1F. The van der Waals surface area contributed by atoms with Crippen molar-refractivity contribution < 1.29 is 13.9 Å². The van der Waals surface area contributed by atoms with Crippen LogP contribution in [-0.4, -0.2) is 17.3 Å². The molecule has 0 saturated heterocycles. The van der Waals surface area contributed by atoms with Crippen molar-refractivity contribution >= 4 is 15.9 Å². The maximum absolute atomic E-state index is 13.8. The molecule has 17 heavy (non-hydrogen) atoms. The van der Waals surface area contributed by atoms with Gasteiger partial charge in [0.25, 0.3) is 0 Å². The van der Waals surface area contributed by atoms with Crippen molar-refractivity contribution in [3.63, 3.8) is 0 Å². The molecule has 1 rings (SSSR count). The molecule has 1 unspecified atom stereocenters. The summed E-state index contributed by atoms with van der Waals surface area (Å²) < 4.78 is 27.5. The van der Waals surface area contributed by atoms with Crippen LogP contribution in [0.15, 0.2) is 16.6 Å². The van der Waals surface area contributed by atoms with Crippen LogP contribution in [0.3, 0.4) is 0 Å². The lowest BCUT2D eigenvalue weighted by Crippen LogP contribution is -2.45. The number of nitrogens with two attached hydrogens (primary N) is 1.